The average Bonchev–Trinajstić information content (AvgIpc) is 2.33. The number of carbonyl (C=O) groups is 2. The number of benzene rings is 1. The van der Waals surface area contributed by atoms with E-state index in [1.165, 1.54) is 12.1 Å². The van der Waals surface area contributed by atoms with Crippen LogP contribution in [0, 0.1) is 0 Å². The Kier molecular flexibility index (Phi) is 5.67. The lowest BCUT2D eigenvalue weighted by molar-refractivity contribution is -0.154. The first-order chi connectivity index (χ1) is 9.28. The number of hydrogen-bond donors (Lipinski definition) is 1. The summed E-state index contributed by atoms with van der Waals surface area (Å²) in [5, 5.41) is 3.09. The van der Waals surface area contributed by atoms with E-state index < -0.39 is 11.6 Å². The van der Waals surface area contributed by atoms with Crippen LogP contribution in [-0.4, -0.2) is 24.2 Å². The normalized spacial score (nSPS) is 11.0. The van der Waals surface area contributed by atoms with Gasteiger partial charge in [0.15, 0.2) is 0 Å². The van der Waals surface area contributed by atoms with Gasteiger partial charge in [0.25, 0.3) is 0 Å². The van der Waals surface area contributed by atoms with Crippen LogP contribution in [0.1, 0.15) is 44.0 Å². The monoisotopic (exact) mass is 281 g/mol. The molecular weight excluding hydrogens is 261 g/mol. The van der Waals surface area contributed by atoms with Crippen LogP contribution in [0.4, 0.5) is 10.1 Å². The summed E-state index contributed by atoms with van der Waals surface area (Å²) < 4.78 is 17.6. The average molecular weight is 281 g/mol. The molecule has 0 bridgehead atoms. The van der Waals surface area contributed by atoms with Crippen LogP contribution < -0.4 is 5.32 Å². The van der Waals surface area contributed by atoms with Crippen molar-refractivity contribution in [2.24, 2.45) is 0 Å². The van der Waals surface area contributed by atoms with Crippen molar-refractivity contribution < 1.29 is 18.7 Å². The van der Waals surface area contributed by atoms with Crippen molar-refractivity contribution in [2.45, 2.75) is 39.2 Å². The van der Waals surface area contributed by atoms with E-state index >= 15 is 0 Å². The third-order valence-electron chi connectivity index (χ3n) is 2.42. The largest absolute Gasteiger partial charge is 0.460 e. The molecule has 0 saturated carbocycles. The molecule has 5 heteroatoms. The van der Waals surface area contributed by atoms with Crippen molar-refractivity contribution in [1.82, 2.24) is 0 Å². The molecular formula is C15H20FNO3. The van der Waals surface area contributed by atoms with Gasteiger partial charge in [0.05, 0.1) is 5.56 Å². The molecule has 0 saturated heterocycles. The standard InChI is InChI=1S/C15H20FNO3/c1-15(2,3)20-13(18)5-4-10-17-12-8-6-11(7-9-12)14(16)19/h6-9,17H,4-5,10H2,1-3H3. The topological polar surface area (TPSA) is 55.4 Å². The predicted molar refractivity (Wildman–Crippen MR) is 75.4 cm³/mol. The number of nitrogens with one attached hydrogen (secondary N) is 1. The SMILES string of the molecule is CC(C)(C)OC(=O)CCCNc1ccc(C(=O)F)cc1. The highest BCUT2D eigenvalue weighted by Crippen LogP contribution is 2.12. The van der Waals surface area contributed by atoms with Crippen molar-refractivity contribution in [3.8, 4) is 0 Å². The van der Waals surface area contributed by atoms with Gasteiger partial charge in [-0.2, -0.15) is 4.39 Å². The molecule has 20 heavy (non-hydrogen) atoms. The Morgan fingerprint density at radius 1 is 1.20 bits per heavy atom. The minimum atomic E-state index is -1.44. The summed E-state index contributed by atoms with van der Waals surface area (Å²) in [5.41, 5.74) is 0.350. The van der Waals surface area contributed by atoms with Crippen molar-refractivity contribution >= 4 is 17.7 Å². The zero-order valence-electron chi connectivity index (χ0n) is 12.0. The van der Waals surface area contributed by atoms with Gasteiger partial charge in [-0.25, -0.2) is 0 Å². The van der Waals surface area contributed by atoms with Crippen molar-refractivity contribution in [3.63, 3.8) is 0 Å². The molecule has 0 amide bonds. The molecule has 1 aromatic carbocycles. The van der Waals surface area contributed by atoms with E-state index in [1.54, 1.807) is 12.1 Å². The van der Waals surface area contributed by atoms with Gasteiger partial charge in [0.2, 0.25) is 0 Å². The number of halogens is 1. The lowest BCUT2D eigenvalue weighted by Crippen LogP contribution is -2.24. The summed E-state index contributed by atoms with van der Waals surface area (Å²) in [4.78, 5) is 21.9. The predicted octanol–water partition coefficient (Wildman–Crippen LogP) is 3.33. The van der Waals surface area contributed by atoms with Crippen LogP contribution in [0.5, 0.6) is 0 Å². The molecule has 4 nitrogen and oxygen atoms in total. The summed E-state index contributed by atoms with van der Waals surface area (Å²) in [7, 11) is 0. The molecule has 1 N–H and O–H groups in total. The highest BCUT2D eigenvalue weighted by Gasteiger charge is 2.15. The maximum Gasteiger partial charge on any atom is 0.332 e. The first-order valence-electron chi connectivity index (χ1n) is 6.53. The van der Waals surface area contributed by atoms with Gasteiger partial charge in [-0.3, -0.25) is 9.59 Å². The lowest BCUT2D eigenvalue weighted by Gasteiger charge is -2.19. The zero-order chi connectivity index (χ0) is 15.2. The van der Waals surface area contributed by atoms with Crippen LogP contribution in [-0.2, 0) is 9.53 Å². The van der Waals surface area contributed by atoms with E-state index in [2.05, 4.69) is 5.32 Å². The molecule has 0 heterocycles. The van der Waals surface area contributed by atoms with Gasteiger partial charge in [-0.1, -0.05) is 0 Å². The third-order valence-corrected chi connectivity index (χ3v) is 2.42. The van der Waals surface area contributed by atoms with Crippen LogP contribution in [0.2, 0.25) is 0 Å². The van der Waals surface area contributed by atoms with E-state index in [9.17, 15) is 14.0 Å². The van der Waals surface area contributed by atoms with Crippen LogP contribution in [0.25, 0.3) is 0 Å². The summed E-state index contributed by atoms with van der Waals surface area (Å²) in [6, 6.07) is 4.64. The summed E-state index contributed by atoms with van der Waals surface area (Å²) >= 11 is 0. The van der Waals surface area contributed by atoms with Gasteiger partial charge in [0.1, 0.15) is 5.60 Å². The number of ether oxygens (including phenoxy) is 1. The molecule has 0 atom stereocenters. The van der Waals surface area contributed by atoms with Gasteiger partial charge in [-0.05, 0) is 51.5 Å². The Bertz CT molecular complexity index is 463. The summed E-state index contributed by atoms with van der Waals surface area (Å²) in [6.45, 7) is 6.09. The number of rotatable bonds is 6. The lowest BCUT2D eigenvalue weighted by atomic mass is 10.2. The molecule has 0 spiro atoms. The van der Waals surface area contributed by atoms with E-state index in [0.29, 0.717) is 19.4 Å². The Labute approximate surface area is 118 Å². The van der Waals surface area contributed by atoms with E-state index in [1.807, 2.05) is 20.8 Å². The molecule has 0 aromatic heterocycles. The molecule has 110 valence electrons. The summed E-state index contributed by atoms with van der Waals surface area (Å²) in [5.74, 6) is -0.224. The maximum atomic E-state index is 12.4. The quantitative estimate of drug-likeness (QED) is 0.493. The number of esters is 1. The van der Waals surface area contributed by atoms with Crippen molar-refractivity contribution in [1.29, 1.82) is 0 Å². The van der Waals surface area contributed by atoms with E-state index in [4.69, 9.17) is 4.74 Å². The highest BCUT2D eigenvalue weighted by atomic mass is 19.1. The van der Waals surface area contributed by atoms with Crippen LogP contribution >= 0.6 is 0 Å². The van der Waals surface area contributed by atoms with Crippen LogP contribution in [0.15, 0.2) is 24.3 Å². The second kappa shape index (κ2) is 7.03. The van der Waals surface area contributed by atoms with Crippen molar-refractivity contribution in [2.75, 3.05) is 11.9 Å². The molecule has 0 fully saturated rings. The molecule has 0 aliphatic carbocycles. The second-order valence-corrected chi connectivity index (χ2v) is 5.47. The zero-order valence-corrected chi connectivity index (χ0v) is 12.0. The van der Waals surface area contributed by atoms with E-state index in [-0.39, 0.29) is 11.5 Å². The van der Waals surface area contributed by atoms with E-state index in [0.717, 1.165) is 5.69 Å². The smallest absolute Gasteiger partial charge is 0.332 e. The molecule has 1 rings (SSSR count). The van der Waals surface area contributed by atoms with Crippen molar-refractivity contribution in [3.05, 3.63) is 29.8 Å². The number of hydrogen-bond acceptors (Lipinski definition) is 4. The second-order valence-electron chi connectivity index (χ2n) is 5.47. The number of carbonyl (C=O) groups excluding carboxylic acids is 2. The van der Waals surface area contributed by atoms with Crippen LogP contribution in [0.3, 0.4) is 0 Å². The van der Waals surface area contributed by atoms with Gasteiger partial charge in [-0.15, -0.1) is 0 Å². The minimum absolute atomic E-state index is 0.0318. The van der Waals surface area contributed by atoms with Gasteiger partial charge in [0, 0.05) is 18.7 Å². The molecule has 0 radical (unpaired) electrons. The third kappa shape index (κ3) is 6.31. The highest BCUT2D eigenvalue weighted by molar-refractivity contribution is 5.88. The Hall–Kier alpha value is -1.91. The minimum Gasteiger partial charge on any atom is -0.460 e. The Balaban J connectivity index is 2.27. The molecule has 0 aliphatic heterocycles. The van der Waals surface area contributed by atoms with Gasteiger partial charge >= 0.3 is 12.0 Å². The molecule has 0 aliphatic rings. The molecule has 1 aromatic rings. The summed E-state index contributed by atoms with van der Waals surface area (Å²) in [6.07, 6.45) is 0.976. The first-order valence-corrected chi connectivity index (χ1v) is 6.53. The Morgan fingerprint density at radius 2 is 1.80 bits per heavy atom. The molecule has 0 unspecified atom stereocenters. The fourth-order valence-electron chi connectivity index (χ4n) is 1.58. The first kappa shape index (κ1) is 16.1. The fourth-order valence-corrected chi connectivity index (χ4v) is 1.58. The number of anilines is 1. The maximum absolute atomic E-state index is 12.4. The van der Waals surface area contributed by atoms with Gasteiger partial charge < -0.3 is 10.1 Å². The Morgan fingerprint density at radius 3 is 2.30 bits per heavy atom. The fraction of sp³-hybridized carbons (Fsp3) is 0.467.